The summed E-state index contributed by atoms with van der Waals surface area (Å²) in [5, 5.41) is 3.87. The number of fused-ring (bicyclic) bond motifs is 1. The maximum absolute atomic E-state index is 12.3. The van der Waals surface area contributed by atoms with Gasteiger partial charge in [-0.3, -0.25) is 4.79 Å². The lowest BCUT2D eigenvalue weighted by Gasteiger charge is -2.32. The van der Waals surface area contributed by atoms with Gasteiger partial charge >= 0.3 is 0 Å². The second-order valence-electron chi connectivity index (χ2n) is 7.89. The van der Waals surface area contributed by atoms with Crippen molar-refractivity contribution in [2.75, 3.05) is 29.9 Å². The summed E-state index contributed by atoms with van der Waals surface area (Å²) in [4.78, 5) is 19.5. The lowest BCUT2D eigenvalue weighted by molar-refractivity contribution is -0.118. The number of nitrogens with one attached hydrogen (secondary N) is 1. The van der Waals surface area contributed by atoms with E-state index in [-0.39, 0.29) is 12.5 Å². The first-order chi connectivity index (χ1) is 14.1. The highest BCUT2D eigenvalue weighted by atomic mass is 16.5. The first-order valence-electron chi connectivity index (χ1n) is 10.2. The topological polar surface area (TPSA) is 54.5 Å². The molecule has 0 aliphatic carbocycles. The molecule has 1 aliphatic heterocycles. The quantitative estimate of drug-likeness (QED) is 0.681. The molecule has 5 heteroatoms. The fraction of sp³-hybridized carbons (Fsp3) is 0.333. The van der Waals surface area contributed by atoms with Gasteiger partial charge in [0.25, 0.3) is 5.91 Å². The van der Waals surface area contributed by atoms with Crippen molar-refractivity contribution in [1.82, 2.24) is 4.98 Å². The number of aromatic nitrogens is 1. The van der Waals surface area contributed by atoms with E-state index in [1.165, 1.54) is 12.8 Å². The first-order valence-corrected chi connectivity index (χ1v) is 10.2. The smallest absolute Gasteiger partial charge is 0.262 e. The lowest BCUT2D eigenvalue weighted by atomic mass is 10.0. The van der Waals surface area contributed by atoms with Gasteiger partial charge in [0.15, 0.2) is 6.61 Å². The number of anilines is 2. The van der Waals surface area contributed by atoms with Gasteiger partial charge in [0.1, 0.15) is 17.1 Å². The van der Waals surface area contributed by atoms with Gasteiger partial charge in [-0.15, -0.1) is 0 Å². The number of rotatable bonds is 5. The Hall–Kier alpha value is -3.08. The summed E-state index contributed by atoms with van der Waals surface area (Å²) < 4.78 is 5.85. The number of hydrogen-bond donors (Lipinski definition) is 1. The maximum Gasteiger partial charge on any atom is 0.262 e. The second-order valence-corrected chi connectivity index (χ2v) is 7.89. The Morgan fingerprint density at radius 3 is 2.79 bits per heavy atom. The van der Waals surface area contributed by atoms with Crippen molar-refractivity contribution in [1.29, 1.82) is 0 Å². The number of amides is 1. The highest BCUT2D eigenvalue weighted by Crippen LogP contribution is 2.28. The van der Waals surface area contributed by atoms with Crippen LogP contribution < -0.4 is 15.0 Å². The van der Waals surface area contributed by atoms with Crippen LogP contribution in [0.25, 0.3) is 10.9 Å². The van der Waals surface area contributed by atoms with Gasteiger partial charge in [0.2, 0.25) is 0 Å². The van der Waals surface area contributed by atoms with Gasteiger partial charge < -0.3 is 15.0 Å². The van der Waals surface area contributed by atoms with Crippen LogP contribution in [0.1, 0.15) is 25.3 Å². The number of aryl methyl sites for hydroxylation is 1. The average Bonchev–Trinajstić information content (AvgIpc) is 2.73. The van der Waals surface area contributed by atoms with E-state index >= 15 is 0 Å². The molecule has 2 heterocycles. The summed E-state index contributed by atoms with van der Waals surface area (Å²) in [6.07, 6.45) is 2.47. The molecule has 1 aliphatic rings. The van der Waals surface area contributed by atoms with Crippen molar-refractivity contribution in [2.24, 2.45) is 5.92 Å². The molecule has 0 spiro atoms. The number of hydrogen-bond acceptors (Lipinski definition) is 4. The van der Waals surface area contributed by atoms with Crippen LogP contribution in [-0.4, -0.2) is 30.6 Å². The van der Waals surface area contributed by atoms with E-state index in [1.54, 1.807) is 0 Å². The van der Waals surface area contributed by atoms with Crippen molar-refractivity contribution in [3.8, 4) is 5.75 Å². The van der Waals surface area contributed by atoms with E-state index in [1.807, 2.05) is 49.4 Å². The molecule has 1 N–H and O–H groups in total. The highest BCUT2D eigenvalue weighted by molar-refractivity contribution is 5.92. The maximum atomic E-state index is 12.3. The van der Waals surface area contributed by atoms with E-state index in [4.69, 9.17) is 9.72 Å². The van der Waals surface area contributed by atoms with Gasteiger partial charge in [-0.25, -0.2) is 4.98 Å². The van der Waals surface area contributed by atoms with Crippen molar-refractivity contribution < 1.29 is 9.53 Å². The SMILES string of the molecule is Cc1ccc(NC(=O)COc2cccc3ccc(N4CCC[C@H](C)C4)nc23)cc1. The predicted molar refractivity (Wildman–Crippen MR) is 118 cm³/mol. The van der Waals surface area contributed by atoms with E-state index < -0.39 is 0 Å². The summed E-state index contributed by atoms with van der Waals surface area (Å²) in [5.41, 5.74) is 2.72. The van der Waals surface area contributed by atoms with Crippen LogP contribution in [0.2, 0.25) is 0 Å². The Morgan fingerprint density at radius 1 is 1.17 bits per heavy atom. The molecule has 0 unspecified atom stereocenters. The number of carbonyl (C=O) groups is 1. The van der Waals surface area contributed by atoms with Crippen LogP contribution in [0.4, 0.5) is 11.5 Å². The molecule has 2 aromatic carbocycles. The second kappa shape index (κ2) is 8.52. The molecule has 4 rings (SSSR count). The summed E-state index contributed by atoms with van der Waals surface area (Å²) in [6, 6.07) is 17.7. The molecule has 1 fully saturated rings. The summed E-state index contributed by atoms with van der Waals surface area (Å²) in [6.45, 7) is 6.31. The Balaban J connectivity index is 1.48. The zero-order valence-electron chi connectivity index (χ0n) is 17.0. The first kappa shape index (κ1) is 19.2. The van der Waals surface area contributed by atoms with Crippen LogP contribution in [0.15, 0.2) is 54.6 Å². The van der Waals surface area contributed by atoms with Crippen LogP contribution in [-0.2, 0) is 4.79 Å². The van der Waals surface area contributed by atoms with Crippen LogP contribution in [0.3, 0.4) is 0 Å². The fourth-order valence-corrected chi connectivity index (χ4v) is 3.78. The average molecular weight is 389 g/mol. The van der Waals surface area contributed by atoms with Crippen molar-refractivity contribution in [2.45, 2.75) is 26.7 Å². The molecule has 1 amide bonds. The van der Waals surface area contributed by atoms with Crippen molar-refractivity contribution in [3.63, 3.8) is 0 Å². The van der Waals surface area contributed by atoms with E-state index in [2.05, 4.69) is 29.3 Å². The molecule has 0 saturated carbocycles. The molecular weight excluding hydrogens is 362 g/mol. The third kappa shape index (κ3) is 4.67. The van der Waals surface area contributed by atoms with Gasteiger partial charge in [-0.05, 0) is 56.0 Å². The molecule has 3 aromatic rings. The minimum atomic E-state index is -0.188. The molecule has 150 valence electrons. The molecule has 0 radical (unpaired) electrons. The zero-order chi connectivity index (χ0) is 20.2. The Bertz CT molecular complexity index is 1000. The number of nitrogens with zero attached hydrogens (tertiary/aromatic N) is 2. The van der Waals surface area contributed by atoms with Crippen LogP contribution in [0, 0.1) is 12.8 Å². The van der Waals surface area contributed by atoms with Crippen LogP contribution in [0.5, 0.6) is 5.75 Å². The van der Waals surface area contributed by atoms with E-state index in [9.17, 15) is 4.79 Å². The van der Waals surface area contributed by atoms with Crippen LogP contribution >= 0.6 is 0 Å². The Morgan fingerprint density at radius 2 is 2.00 bits per heavy atom. The molecule has 29 heavy (non-hydrogen) atoms. The molecule has 1 aromatic heterocycles. The number of piperidine rings is 1. The largest absolute Gasteiger partial charge is 0.481 e. The predicted octanol–water partition coefficient (Wildman–Crippen LogP) is 4.80. The number of para-hydroxylation sites is 1. The molecule has 1 saturated heterocycles. The molecule has 0 bridgehead atoms. The van der Waals surface area contributed by atoms with E-state index in [0.717, 1.165) is 41.1 Å². The van der Waals surface area contributed by atoms with Gasteiger partial charge in [0, 0.05) is 24.2 Å². The monoisotopic (exact) mass is 389 g/mol. The molecule has 5 nitrogen and oxygen atoms in total. The summed E-state index contributed by atoms with van der Waals surface area (Å²) in [7, 11) is 0. The zero-order valence-corrected chi connectivity index (χ0v) is 17.0. The summed E-state index contributed by atoms with van der Waals surface area (Å²) >= 11 is 0. The van der Waals surface area contributed by atoms with E-state index in [0.29, 0.717) is 11.7 Å². The number of carbonyl (C=O) groups excluding carboxylic acids is 1. The van der Waals surface area contributed by atoms with Gasteiger partial charge in [-0.2, -0.15) is 0 Å². The minimum absolute atomic E-state index is 0.0559. The van der Waals surface area contributed by atoms with Crippen molar-refractivity contribution >= 4 is 28.3 Å². The number of pyridine rings is 1. The third-order valence-electron chi connectivity index (χ3n) is 5.34. The number of benzene rings is 2. The minimum Gasteiger partial charge on any atom is -0.481 e. The fourth-order valence-electron chi connectivity index (χ4n) is 3.78. The standard InChI is InChI=1S/C24H27N3O2/c1-17-8-11-20(12-9-17)25-23(28)16-29-21-7-3-6-19-10-13-22(26-24(19)21)27-14-4-5-18(2)15-27/h3,6-13,18H,4-5,14-16H2,1-2H3,(H,25,28)/t18-/m0/s1. The summed E-state index contributed by atoms with van der Waals surface area (Å²) in [5.74, 6) is 2.10. The van der Waals surface area contributed by atoms with Crippen molar-refractivity contribution in [3.05, 3.63) is 60.2 Å². The Labute approximate surface area is 171 Å². The molecule has 1 atom stereocenters. The normalized spacial score (nSPS) is 16.6. The molecular formula is C24H27N3O2. The van der Waals surface area contributed by atoms with Gasteiger partial charge in [-0.1, -0.05) is 36.8 Å². The lowest BCUT2D eigenvalue weighted by Crippen LogP contribution is -2.34. The van der Waals surface area contributed by atoms with Gasteiger partial charge in [0.05, 0.1) is 0 Å². The third-order valence-corrected chi connectivity index (χ3v) is 5.34. The highest BCUT2D eigenvalue weighted by Gasteiger charge is 2.18. The Kier molecular flexibility index (Phi) is 5.65. The number of ether oxygens (including phenoxy) is 1.